The van der Waals surface area contributed by atoms with E-state index in [0.29, 0.717) is 24.6 Å². The summed E-state index contributed by atoms with van der Waals surface area (Å²) in [6.45, 7) is 5.86. The summed E-state index contributed by atoms with van der Waals surface area (Å²) in [4.78, 5) is 16.8. The van der Waals surface area contributed by atoms with E-state index < -0.39 is 0 Å². The highest BCUT2D eigenvalue weighted by molar-refractivity contribution is 7.12. The lowest BCUT2D eigenvalue weighted by Gasteiger charge is -2.17. The van der Waals surface area contributed by atoms with Crippen LogP contribution < -0.4 is 10.2 Å². The zero-order valence-electron chi connectivity index (χ0n) is 14.4. The fourth-order valence-corrected chi connectivity index (χ4v) is 3.89. The Morgan fingerprint density at radius 3 is 2.88 bits per heavy atom. The summed E-state index contributed by atoms with van der Waals surface area (Å²) < 4.78 is 0. The highest BCUT2D eigenvalue weighted by Gasteiger charge is 2.25. The quantitative estimate of drug-likeness (QED) is 0.891. The number of carbonyl (C=O) groups is 1. The Morgan fingerprint density at radius 1 is 1.40 bits per heavy atom. The van der Waals surface area contributed by atoms with Crippen LogP contribution in [0.3, 0.4) is 0 Å². The van der Waals surface area contributed by atoms with Crippen molar-refractivity contribution < 1.29 is 4.79 Å². The van der Waals surface area contributed by atoms with Crippen molar-refractivity contribution in [3.05, 3.63) is 39.7 Å². The van der Waals surface area contributed by atoms with Crippen molar-refractivity contribution in [2.75, 3.05) is 18.0 Å². The fraction of sp³-hybridized carbons (Fsp3) is 0.444. The van der Waals surface area contributed by atoms with Gasteiger partial charge in [-0.15, -0.1) is 21.5 Å². The highest BCUT2D eigenvalue weighted by Crippen LogP contribution is 2.24. The molecule has 2 aromatic rings. The smallest absolute Gasteiger partial charge is 0.225 e. The van der Waals surface area contributed by atoms with Gasteiger partial charge in [-0.3, -0.25) is 4.79 Å². The Bertz CT molecular complexity index is 778. The molecule has 0 radical (unpaired) electrons. The zero-order chi connectivity index (χ0) is 17.8. The average molecular weight is 355 g/mol. The molecular formula is C18H21N5OS. The molecule has 0 aromatic carbocycles. The molecule has 1 fully saturated rings. The Kier molecular flexibility index (Phi) is 5.29. The number of amides is 1. The molecular weight excluding hydrogens is 334 g/mol. The van der Waals surface area contributed by atoms with Crippen molar-refractivity contribution in [3.8, 4) is 6.07 Å². The van der Waals surface area contributed by atoms with Gasteiger partial charge in [0.2, 0.25) is 5.91 Å². The van der Waals surface area contributed by atoms with Gasteiger partial charge in [0.15, 0.2) is 11.5 Å². The van der Waals surface area contributed by atoms with Gasteiger partial charge in [-0.05, 0) is 36.6 Å². The molecule has 130 valence electrons. The minimum Gasteiger partial charge on any atom is -0.353 e. The van der Waals surface area contributed by atoms with E-state index in [1.807, 2.05) is 12.1 Å². The lowest BCUT2D eigenvalue weighted by molar-refractivity contribution is -0.120. The van der Waals surface area contributed by atoms with Crippen LogP contribution in [-0.4, -0.2) is 35.2 Å². The molecule has 1 saturated heterocycles. The van der Waals surface area contributed by atoms with Crippen LogP contribution in [0.4, 0.5) is 5.82 Å². The Hall–Kier alpha value is -2.46. The molecule has 6 nitrogen and oxygen atoms in total. The van der Waals surface area contributed by atoms with Crippen molar-refractivity contribution in [3.63, 3.8) is 0 Å². The second-order valence-electron chi connectivity index (χ2n) is 6.52. The molecule has 1 N–H and O–H groups in total. The lowest BCUT2D eigenvalue weighted by atomic mass is 10.2. The summed E-state index contributed by atoms with van der Waals surface area (Å²) >= 11 is 1.71. The van der Waals surface area contributed by atoms with Crippen molar-refractivity contribution in [1.29, 1.82) is 5.26 Å². The predicted molar refractivity (Wildman–Crippen MR) is 97.6 cm³/mol. The number of hydrogen-bond donors (Lipinski definition) is 1. The first kappa shape index (κ1) is 17.4. The van der Waals surface area contributed by atoms with E-state index in [0.717, 1.165) is 23.7 Å². The molecule has 2 aromatic heterocycles. The number of thiophene rings is 1. The Morgan fingerprint density at radius 2 is 2.24 bits per heavy atom. The summed E-state index contributed by atoms with van der Waals surface area (Å²) in [5.74, 6) is 1.31. The van der Waals surface area contributed by atoms with Crippen LogP contribution in [-0.2, 0) is 11.2 Å². The molecule has 1 aliphatic heterocycles. The van der Waals surface area contributed by atoms with E-state index >= 15 is 0 Å². The first-order chi connectivity index (χ1) is 12.0. The largest absolute Gasteiger partial charge is 0.353 e. The topological polar surface area (TPSA) is 81.9 Å². The lowest BCUT2D eigenvalue weighted by Crippen LogP contribution is -2.38. The summed E-state index contributed by atoms with van der Waals surface area (Å²) in [5, 5.41) is 19.8. The second kappa shape index (κ2) is 7.62. The third kappa shape index (κ3) is 4.34. The van der Waals surface area contributed by atoms with Crippen molar-refractivity contribution in [1.82, 2.24) is 15.5 Å². The Labute approximate surface area is 151 Å². The molecule has 0 bridgehead atoms. The highest BCUT2D eigenvalue weighted by atomic mass is 32.1. The van der Waals surface area contributed by atoms with Gasteiger partial charge in [0.05, 0.1) is 6.42 Å². The number of nitrogens with zero attached hydrogens (tertiary/aromatic N) is 4. The van der Waals surface area contributed by atoms with Gasteiger partial charge >= 0.3 is 0 Å². The molecule has 25 heavy (non-hydrogen) atoms. The summed E-state index contributed by atoms with van der Waals surface area (Å²) in [6.07, 6.45) is 1.32. The van der Waals surface area contributed by atoms with Crippen LogP contribution in [0.25, 0.3) is 0 Å². The van der Waals surface area contributed by atoms with Gasteiger partial charge in [0, 0.05) is 28.9 Å². The predicted octanol–water partition coefficient (Wildman–Crippen LogP) is 2.47. The van der Waals surface area contributed by atoms with Gasteiger partial charge in [-0.25, -0.2) is 0 Å². The first-order valence-electron chi connectivity index (χ1n) is 8.42. The maximum atomic E-state index is 12.3. The maximum absolute atomic E-state index is 12.3. The van der Waals surface area contributed by atoms with Crippen LogP contribution in [0.5, 0.6) is 0 Å². The number of carbonyl (C=O) groups excluding carboxylic acids is 1. The molecule has 0 aliphatic carbocycles. The summed E-state index contributed by atoms with van der Waals surface area (Å²) in [7, 11) is 0. The van der Waals surface area contributed by atoms with Gasteiger partial charge < -0.3 is 10.2 Å². The van der Waals surface area contributed by atoms with Crippen molar-refractivity contribution in [2.24, 2.45) is 0 Å². The van der Waals surface area contributed by atoms with Gasteiger partial charge in [-0.2, -0.15) is 5.26 Å². The standard InChI is InChI=1S/C18H21N5OS/c1-12(2)16-5-4-15(25-16)9-18(24)20-14-7-8-23(11-14)17-6-3-13(10-19)21-22-17/h3-6,12,14H,7-9,11H2,1-2H3,(H,20,24)/t14-/m0/s1. The van der Waals surface area contributed by atoms with Crippen LogP contribution in [0.15, 0.2) is 24.3 Å². The number of aromatic nitrogens is 2. The minimum atomic E-state index is 0.0647. The van der Waals surface area contributed by atoms with Crippen molar-refractivity contribution >= 4 is 23.1 Å². The average Bonchev–Trinajstić information content (AvgIpc) is 3.24. The summed E-state index contributed by atoms with van der Waals surface area (Å²) in [6, 6.07) is 9.71. The number of hydrogen-bond acceptors (Lipinski definition) is 6. The number of nitriles is 1. The third-order valence-corrected chi connectivity index (χ3v) is 5.61. The molecule has 3 rings (SSSR count). The number of rotatable bonds is 5. The molecule has 0 saturated carbocycles. The number of nitrogens with one attached hydrogen (secondary N) is 1. The van der Waals surface area contributed by atoms with Gasteiger partial charge in [0.25, 0.3) is 0 Å². The van der Waals surface area contributed by atoms with Crippen LogP contribution in [0, 0.1) is 11.3 Å². The maximum Gasteiger partial charge on any atom is 0.225 e. The monoisotopic (exact) mass is 355 g/mol. The van der Waals surface area contributed by atoms with E-state index in [4.69, 9.17) is 5.26 Å². The number of anilines is 1. The van der Waals surface area contributed by atoms with Crippen molar-refractivity contribution in [2.45, 2.75) is 38.6 Å². The molecule has 3 heterocycles. The molecule has 0 spiro atoms. The minimum absolute atomic E-state index is 0.0647. The molecule has 7 heteroatoms. The normalized spacial score (nSPS) is 16.9. The van der Waals surface area contributed by atoms with E-state index in [2.05, 4.69) is 40.3 Å². The van der Waals surface area contributed by atoms with E-state index in [9.17, 15) is 4.79 Å². The second-order valence-corrected chi connectivity index (χ2v) is 7.72. The van der Waals surface area contributed by atoms with Crippen LogP contribution in [0.2, 0.25) is 0 Å². The molecule has 0 unspecified atom stereocenters. The fourth-order valence-electron chi connectivity index (χ4n) is 2.88. The first-order valence-corrected chi connectivity index (χ1v) is 9.23. The van der Waals surface area contributed by atoms with Crippen LogP contribution >= 0.6 is 11.3 Å². The Balaban J connectivity index is 1.51. The van der Waals surface area contributed by atoms with E-state index in [1.54, 1.807) is 23.5 Å². The van der Waals surface area contributed by atoms with E-state index in [1.165, 1.54) is 4.88 Å². The van der Waals surface area contributed by atoms with Crippen LogP contribution in [0.1, 0.15) is 41.6 Å². The SMILES string of the molecule is CC(C)c1ccc(CC(=O)N[C@H]2CCN(c3ccc(C#N)nn3)C2)s1. The third-order valence-electron chi connectivity index (χ3n) is 4.23. The zero-order valence-corrected chi connectivity index (χ0v) is 15.2. The van der Waals surface area contributed by atoms with Gasteiger partial charge in [-0.1, -0.05) is 13.8 Å². The molecule has 1 amide bonds. The van der Waals surface area contributed by atoms with Gasteiger partial charge in [0.1, 0.15) is 6.07 Å². The molecule has 1 aliphatic rings. The van der Waals surface area contributed by atoms with E-state index in [-0.39, 0.29) is 11.9 Å². The molecule has 1 atom stereocenters. The summed E-state index contributed by atoms with van der Waals surface area (Å²) in [5.41, 5.74) is 0.310.